The van der Waals surface area contributed by atoms with Gasteiger partial charge in [0.15, 0.2) is 0 Å². The molecule has 1 aromatic heterocycles. The molecular formula is C15H13NO4S. The highest BCUT2D eigenvalue weighted by molar-refractivity contribution is 7.10. The Morgan fingerprint density at radius 2 is 2.24 bits per heavy atom. The van der Waals surface area contributed by atoms with Crippen LogP contribution in [0.4, 0.5) is 5.69 Å². The van der Waals surface area contributed by atoms with Crippen LogP contribution in [0.15, 0.2) is 29.6 Å². The molecule has 2 rings (SSSR count). The Morgan fingerprint density at radius 1 is 1.43 bits per heavy atom. The standard InChI is InChI=1S/C15H13NO4S/c1-11-9-13(16(18)19)4-5-14(11)20-10-15-12(3-2-7-17)6-8-21-15/h4-6,8-9,17H,7,10H2,1H3. The van der Waals surface area contributed by atoms with Gasteiger partial charge in [0.1, 0.15) is 19.0 Å². The van der Waals surface area contributed by atoms with Gasteiger partial charge in [0, 0.05) is 17.7 Å². The lowest BCUT2D eigenvalue weighted by atomic mass is 10.2. The number of nitro benzene ring substituents is 1. The fraction of sp³-hybridized carbons (Fsp3) is 0.200. The monoisotopic (exact) mass is 303 g/mol. The molecule has 21 heavy (non-hydrogen) atoms. The van der Waals surface area contributed by atoms with E-state index < -0.39 is 4.92 Å². The number of nitrogens with zero attached hydrogens (tertiary/aromatic N) is 1. The van der Waals surface area contributed by atoms with Gasteiger partial charge in [-0.25, -0.2) is 0 Å². The maximum Gasteiger partial charge on any atom is 0.269 e. The molecular weight excluding hydrogens is 290 g/mol. The number of aryl methyl sites for hydroxylation is 1. The lowest BCUT2D eigenvalue weighted by Gasteiger charge is -2.08. The average molecular weight is 303 g/mol. The molecule has 0 fully saturated rings. The predicted octanol–water partition coefficient (Wildman–Crippen LogP) is 2.89. The van der Waals surface area contributed by atoms with Gasteiger partial charge in [-0.3, -0.25) is 10.1 Å². The van der Waals surface area contributed by atoms with E-state index in [-0.39, 0.29) is 12.3 Å². The van der Waals surface area contributed by atoms with Crippen molar-refractivity contribution in [1.82, 2.24) is 0 Å². The summed E-state index contributed by atoms with van der Waals surface area (Å²) in [6, 6.07) is 6.37. The van der Waals surface area contributed by atoms with Crippen molar-refractivity contribution in [3.63, 3.8) is 0 Å². The van der Waals surface area contributed by atoms with Gasteiger partial charge >= 0.3 is 0 Å². The highest BCUT2D eigenvalue weighted by Crippen LogP contribution is 2.25. The zero-order chi connectivity index (χ0) is 15.2. The topological polar surface area (TPSA) is 72.6 Å². The Kier molecular flexibility index (Phi) is 4.93. The number of hydrogen-bond donors (Lipinski definition) is 1. The number of thiophene rings is 1. The molecule has 6 heteroatoms. The fourth-order valence-electron chi connectivity index (χ4n) is 1.75. The minimum absolute atomic E-state index is 0.0467. The quantitative estimate of drug-likeness (QED) is 0.535. The molecule has 0 unspecified atom stereocenters. The van der Waals surface area contributed by atoms with Gasteiger partial charge < -0.3 is 9.84 Å². The third kappa shape index (κ3) is 3.81. The van der Waals surface area contributed by atoms with E-state index in [1.54, 1.807) is 13.0 Å². The van der Waals surface area contributed by atoms with Gasteiger partial charge in [-0.15, -0.1) is 11.3 Å². The Labute approximate surface area is 126 Å². The van der Waals surface area contributed by atoms with Crippen LogP contribution in [0.5, 0.6) is 5.75 Å². The van der Waals surface area contributed by atoms with E-state index in [4.69, 9.17) is 9.84 Å². The molecule has 1 heterocycles. The Morgan fingerprint density at radius 3 is 2.90 bits per heavy atom. The summed E-state index contributed by atoms with van der Waals surface area (Å²) in [6.07, 6.45) is 0. The summed E-state index contributed by atoms with van der Waals surface area (Å²) < 4.78 is 5.69. The van der Waals surface area contributed by atoms with Crippen LogP contribution in [0.1, 0.15) is 16.0 Å². The highest BCUT2D eigenvalue weighted by Gasteiger charge is 2.10. The normalized spacial score (nSPS) is 9.81. The number of non-ortho nitro benzene ring substituents is 1. The molecule has 108 valence electrons. The summed E-state index contributed by atoms with van der Waals surface area (Å²) in [4.78, 5) is 11.2. The third-order valence-corrected chi connectivity index (χ3v) is 3.67. The van der Waals surface area contributed by atoms with Gasteiger partial charge in [0.25, 0.3) is 5.69 Å². The summed E-state index contributed by atoms with van der Waals surface area (Å²) in [5.74, 6) is 6.07. The second kappa shape index (κ2) is 6.88. The van der Waals surface area contributed by atoms with Crippen molar-refractivity contribution < 1.29 is 14.8 Å². The third-order valence-electron chi connectivity index (χ3n) is 2.78. The Bertz CT molecular complexity index is 712. The molecule has 0 saturated carbocycles. The second-order valence-corrected chi connectivity index (χ2v) is 5.21. The largest absolute Gasteiger partial charge is 0.488 e. The van der Waals surface area contributed by atoms with Crippen LogP contribution < -0.4 is 4.74 Å². The second-order valence-electron chi connectivity index (χ2n) is 4.21. The summed E-state index contributed by atoms with van der Waals surface area (Å²) in [6.45, 7) is 1.92. The number of hydrogen-bond acceptors (Lipinski definition) is 5. The first-order valence-electron chi connectivity index (χ1n) is 6.15. The molecule has 0 bridgehead atoms. The smallest absolute Gasteiger partial charge is 0.269 e. The van der Waals surface area contributed by atoms with Gasteiger partial charge in [-0.1, -0.05) is 11.8 Å². The molecule has 0 atom stereocenters. The fourth-order valence-corrected chi connectivity index (χ4v) is 2.49. The summed E-state index contributed by atoms with van der Waals surface area (Å²) in [7, 11) is 0. The van der Waals surface area contributed by atoms with Crippen molar-refractivity contribution in [1.29, 1.82) is 0 Å². The number of aliphatic hydroxyl groups is 1. The van der Waals surface area contributed by atoms with E-state index in [1.165, 1.54) is 23.5 Å². The van der Waals surface area contributed by atoms with Crippen molar-refractivity contribution in [2.24, 2.45) is 0 Å². The van der Waals surface area contributed by atoms with Crippen LogP contribution >= 0.6 is 11.3 Å². The van der Waals surface area contributed by atoms with Crippen LogP contribution in [-0.2, 0) is 6.61 Å². The van der Waals surface area contributed by atoms with E-state index in [9.17, 15) is 10.1 Å². The number of ether oxygens (including phenoxy) is 1. The van der Waals surface area contributed by atoms with Gasteiger partial charge in [0.2, 0.25) is 0 Å². The number of rotatable bonds is 4. The number of nitro groups is 1. The van der Waals surface area contributed by atoms with Gasteiger partial charge in [-0.05, 0) is 30.0 Å². The van der Waals surface area contributed by atoms with E-state index in [2.05, 4.69) is 11.8 Å². The van der Waals surface area contributed by atoms with Crippen LogP contribution in [0.25, 0.3) is 0 Å². The minimum Gasteiger partial charge on any atom is -0.488 e. The first-order chi connectivity index (χ1) is 10.1. The average Bonchev–Trinajstić information content (AvgIpc) is 2.91. The Balaban J connectivity index is 2.10. The maximum absolute atomic E-state index is 10.7. The first-order valence-corrected chi connectivity index (χ1v) is 7.03. The summed E-state index contributed by atoms with van der Waals surface area (Å²) >= 11 is 1.52. The molecule has 1 N–H and O–H groups in total. The molecule has 0 aliphatic carbocycles. The van der Waals surface area contributed by atoms with Crippen LogP contribution in [0, 0.1) is 28.9 Å². The van der Waals surface area contributed by atoms with Crippen molar-refractivity contribution in [3.05, 3.63) is 55.8 Å². The zero-order valence-corrected chi connectivity index (χ0v) is 12.1. The van der Waals surface area contributed by atoms with Crippen LogP contribution in [0.3, 0.4) is 0 Å². The molecule has 0 aliphatic heterocycles. The molecule has 2 aromatic rings. The minimum atomic E-state index is -0.432. The van der Waals surface area contributed by atoms with Crippen molar-refractivity contribution in [2.75, 3.05) is 6.61 Å². The first kappa shape index (κ1) is 15.0. The Hall–Kier alpha value is -2.36. The van der Waals surface area contributed by atoms with Gasteiger partial charge in [0.05, 0.1) is 9.80 Å². The summed E-state index contributed by atoms with van der Waals surface area (Å²) in [5.41, 5.74) is 1.59. The molecule has 0 amide bonds. The molecule has 1 aromatic carbocycles. The van der Waals surface area contributed by atoms with Crippen molar-refractivity contribution in [2.45, 2.75) is 13.5 Å². The van der Waals surface area contributed by atoms with Crippen LogP contribution in [0.2, 0.25) is 0 Å². The number of benzene rings is 1. The van der Waals surface area contributed by atoms with E-state index in [0.717, 1.165) is 10.4 Å². The predicted molar refractivity (Wildman–Crippen MR) is 80.4 cm³/mol. The molecule has 0 radical (unpaired) electrons. The lowest BCUT2D eigenvalue weighted by molar-refractivity contribution is -0.384. The zero-order valence-electron chi connectivity index (χ0n) is 11.3. The molecule has 5 nitrogen and oxygen atoms in total. The van der Waals surface area contributed by atoms with Crippen molar-refractivity contribution in [3.8, 4) is 17.6 Å². The molecule has 0 aliphatic rings. The SMILES string of the molecule is Cc1cc([N+](=O)[O-])ccc1OCc1sccc1C#CCO. The number of aliphatic hydroxyl groups excluding tert-OH is 1. The lowest BCUT2D eigenvalue weighted by Crippen LogP contribution is -1.97. The summed E-state index contributed by atoms with van der Waals surface area (Å²) in [5, 5.41) is 21.3. The highest BCUT2D eigenvalue weighted by atomic mass is 32.1. The van der Waals surface area contributed by atoms with Gasteiger partial charge in [-0.2, -0.15) is 0 Å². The van der Waals surface area contributed by atoms with E-state index in [1.807, 2.05) is 11.4 Å². The van der Waals surface area contributed by atoms with E-state index in [0.29, 0.717) is 17.9 Å². The van der Waals surface area contributed by atoms with E-state index >= 15 is 0 Å². The molecule has 0 spiro atoms. The van der Waals surface area contributed by atoms with Crippen LogP contribution in [-0.4, -0.2) is 16.6 Å². The maximum atomic E-state index is 10.7. The van der Waals surface area contributed by atoms with Crippen molar-refractivity contribution >= 4 is 17.0 Å². The molecule has 0 saturated heterocycles.